The van der Waals surface area contributed by atoms with Crippen molar-refractivity contribution in [2.24, 2.45) is 11.3 Å². The molecule has 41 heavy (non-hydrogen) atoms. The molecule has 1 N–H and O–H groups in total. The van der Waals surface area contributed by atoms with Crippen molar-refractivity contribution in [3.05, 3.63) is 39.7 Å². The maximum atomic E-state index is 14.1. The number of carboxylic acids is 1. The number of aryl methyl sites for hydroxylation is 1. The van der Waals surface area contributed by atoms with Gasteiger partial charge in [0, 0.05) is 43.2 Å². The number of alkyl halides is 2. The molecule has 3 heterocycles. The van der Waals surface area contributed by atoms with E-state index in [1.807, 2.05) is 0 Å². The number of fused-ring (bicyclic) bond motifs is 1. The van der Waals surface area contributed by atoms with Gasteiger partial charge in [0.15, 0.2) is 0 Å². The summed E-state index contributed by atoms with van der Waals surface area (Å²) in [6.07, 6.45) is 0.215. The molecule has 1 aliphatic carbocycles. The smallest absolute Gasteiger partial charge is 0.310 e. The van der Waals surface area contributed by atoms with Crippen LogP contribution in [0.3, 0.4) is 0 Å². The average molecular weight is 594 g/mol. The van der Waals surface area contributed by atoms with Crippen LogP contribution >= 0.6 is 11.6 Å². The summed E-state index contributed by atoms with van der Waals surface area (Å²) in [5.41, 5.74) is -0.142. The van der Waals surface area contributed by atoms with Crippen LogP contribution in [0.5, 0.6) is 5.75 Å². The molecule has 1 saturated carbocycles. The largest absolute Gasteiger partial charge is 0.487 e. The Balaban J connectivity index is 1.53. The van der Waals surface area contributed by atoms with Crippen LogP contribution in [0.25, 0.3) is 0 Å². The number of hydrogen-bond acceptors (Lipinski definition) is 6. The highest BCUT2D eigenvalue weighted by Gasteiger charge is 2.51. The summed E-state index contributed by atoms with van der Waals surface area (Å²) in [4.78, 5) is 42.4. The molecule has 0 radical (unpaired) electrons. The lowest BCUT2D eigenvalue weighted by atomic mass is 9.78. The molecular weight excluding hydrogens is 560 g/mol. The van der Waals surface area contributed by atoms with Crippen LogP contribution in [0.4, 0.5) is 8.78 Å². The minimum absolute atomic E-state index is 0.00347. The fourth-order valence-electron chi connectivity index (χ4n) is 6.56. The molecule has 3 aliphatic rings. The highest BCUT2D eigenvalue weighted by atomic mass is 35.5. The van der Waals surface area contributed by atoms with Crippen molar-refractivity contribution < 1.29 is 33.0 Å². The number of carboxylic acid groups (broad SMARTS) is 1. The lowest BCUT2D eigenvalue weighted by molar-refractivity contribution is -0.157. The van der Waals surface area contributed by atoms with E-state index in [4.69, 9.17) is 16.3 Å². The van der Waals surface area contributed by atoms with Crippen LogP contribution in [0.2, 0.25) is 5.02 Å². The van der Waals surface area contributed by atoms with Crippen LogP contribution in [0.1, 0.15) is 80.9 Å². The summed E-state index contributed by atoms with van der Waals surface area (Å²) in [6.45, 7) is 4.29. The number of carbonyl (C=O) groups is 3. The van der Waals surface area contributed by atoms with Gasteiger partial charge in [-0.25, -0.2) is 13.5 Å². The average Bonchev–Trinajstić information content (AvgIpc) is 3.66. The number of ether oxygens (including phenoxy) is 1. The van der Waals surface area contributed by atoms with E-state index in [1.54, 1.807) is 35.8 Å². The first-order valence-corrected chi connectivity index (χ1v) is 14.4. The number of carbonyl (C=O) groups excluding carboxylic acids is 2. The number of amides is 2. The van der Waals surface area contributed by atoms with Gasteiger partial charge in [-0.3, -0.25) is 14.4 Å². The molecule has 0 spiro atoms. The molecule has 3 atom stereocenters. The number of halogens is 3. The number of aromatic nitrogens is 3. The van der Waals surface area contributed by atoms with E-state index in [-0.39, 0.29) is 42.9 Å². The Bertz CT molecular complexity index is 1350. The minimum Gasteiger partial charge on any atom is -0.487 e. The number of likely N-dealkylation sites (tertiary alicyclic amines) is 1. The summed E-state index contributed by atoms with van der Waals surface area (Å²) in [6, 6.07) is 2.65. The van der Waals surface area contributed by atoms with Gasteiger partial charge in [-0.05, 0) is 57.2 Å². The first kappa shape index (κ1) is 29.2. The lowest BCUT2D eigenvalue weighted by Crippen LogP contribution is -2.50. The second-order valence-electron chi connectivity index (χ2n) is 11.2. The lowest BCUT2D eigenvalue weighted by Gasteiger charge is -2.42. The van der Waals surface area contributed by atoms with Gasteiger partial charge >= 0.3 is 5.97 Å². The third-order valence-electron chi connectivity index (χ3n) is 8.88. The van der Waals surface area contributed by atoms with Gasteiger partial charge in [0.25, 0.3) is 6.43 Å². The Kier molecular flexibility index (Phi) is 8.22. The van der Waals surface area contributed by atoms with Gasteiger partial charge in [0.2, 0.25) is 11.8 Å². The molecule has 0 bridgehead atoms. The molecule has 2 aromatic rings. The second kappa shape index (κ2) is 11.5. The molecule has 5 rings (SSSR count). The van der Waals surface area contributed by atoms with Gasteiger partial charge < -0.3 is 19.6 Å². The Morgan fingerprint density at radius 2 is 2.02 bits per heavy atom. The zero-order chi connectivity index (χ0) is 29.5. The molecular formula is C28H34ClF2N5O5. The predicted molar refractivity (Wildman–Crippen MR) is 143 cm³/mol. The number of nitrogens with zero attached hydrogens (tertiary/aromatic N) is 5. The normalized spacial score (nSPS) is 24.3. The van der Waals surface area contributed by atoms with E-state index in [2.05, 4.69) is 10.3 Å². The summed E-state index contributed by atoms with van der Waals surface area (Å²) in [5.74, 6) is -1.66. The van der Waals surface area contributed by atoms with Crippen molar-refractivity contribution in [3.8, 4) is 5.75 Å². The summed E-state index contributed by atoms with van der Waals surface area (Å²) < 4.78 is 34.8. The zero-order valence-electron chi connectivity index (χ0n) is 23.1. The molecule has 0 unspecified atom stereocenters. The van der Waals surface area contributed by atoms with Crippen LogP contribution in [0.15, 0.2) is 12.1 Å². The summed E-state index contributed by atoms with van der Waals surface area (Å²) >= 11 is 6.63. The predicted octanol–water partition coefficient (Wildman–Crippen LogP) is 4.41. The first-order chi connectivity index (χ1) is 19.6. The van der Waals surface area contributed by atoms with Crippen LogP contribution < -0.4 is 4.74 Å². The fraction of sp³-hybridized carbons (Fsp3) is 0.607. The van der Waals surface area contributed by atoms with Crippen molar-refractivity contribution in [1.29, 1.82) is 0 Å². The minimum atomic E-state index is -2.79. The standard InChI is InChI=1S/C28H34ClF2N5O5/c1-3-36-24(25(30)31)19(32-33-36)15-41-21-9-8-18(29)16-10-13-35(20(23(16)21)14-34-12-5-7-22(34)37)26(38)17-6-4-11-28(17,2)27(39)40/h8-9,17,20,25H,3-7,10-15H2,1-2H3,(H,39,40)/t17-,20+,28-/m0/s1. The molecule has 13 heteroatoms. The van der Waals surface area contributed by atoms with Crippen molar-refractivity contribution in [2.75, 3.05) is 19.6 Å². The van der Waals surface area contributed by atoms with Crippen molar-refractivity contribution in [2.45, 2.75) is 78.0 Å². The third-order valence-corrected chi connectivity index (χ3v) is 9.24. The van der Waals surface area contributed by atoms with Gasteiger partial charge in [-0.2, -0.15) is 0 Å². The van der Waals surface area contributed by atoms with E-state index in [1.165, 1.54) is 0 Å². The highest BCUT2D eigenvalue weighted by molar-refractivity contribution is 6.31. The number of aliphatic carboxylic acids is 1. The van der Waals surface area contributed by atoms with E-state index < -0.39 is 29.8 Å². The maximum absolute atomic E-state index is 14.1. The number of hydrogen-bond donors (Lipinski definition) is 1. The zero-order valence-corrected chi connectivity index (χ0v) is 23.9. The highest BCUT2D eigenvalue weighted by Crippen LogP contribution is 2.47. The summed E-state index contributed by atoms with van der Waals surface area (Å²) in [5, 5.41) is 18.2. The molecule has 2 amide bonds. The third kappa shape index (κ3) is 5.26. The molecule has 1 aromatic carbocycles. The quantitative estimate of drug-likeness (QED) is 0.458. The van der Waals surface area contributed by atoms with Crippen LogP contribution in [-0.2, 0) is 34.0 Å². The number of rotatable bonds is 9. The Morgan fingerprint density at radius 1 is 1.24 bits per heavy atom. The molecule has 1 saturated heterocycles. The Hall–Kier alpha value is -3.28. The van der Waals surface area contributed by atoms with E-state index in [0.29, 0.717) is 68.0 Å². The molecule has 2 aliphatic heterocycles. The molecule has 222 valence electrons. The maximum Gasteiger partial charge on any atom is 0.310 e. The molecule has 1 aromatic heterocycles. The topological polar surface area (TPSA) is 118 Å². The van der Waals surface area contributed by atoms with Gasteiger partial charge in [-0.15, -0.1) is 5.10 Å². The summed E-state index contributed by atoms with van der Waals surface area (Å²) in [7, 11) is 0. The van der Waals surface area contributed by atoms with Crippen LogP contribution in [0, 0.1) is 11.3 Å². The van der Waals surface area contributed by atoms with Gasteiger partial charge in [0.05, 0.1) is 17.4 Å². The van der Waals surface area contributed by atoms with Gasteiger partial charge in [0.1, 0.15) is 23.7 Å². The fourth-order valence-corrected chi connectivity index (χ4v) is 6.82. The van der Waals surface area contributed by atoms with E-state index in [0.717, 1.165) is 10.2 Å². The molecule has 10 nitrogen and oxygen atoms in total. The first-order valence-electron chi connectivity index (χ1n) is 14.0. The van der Waals surface area contributed by atoms with Crippen LogP contribution in [-0.4, -0.2) is 67.3 Å². The van der Waals surface area contributed by atoms with Gasteiger partial charge in [-0.1, -0.05) is 23.2 Å². The Labute approximate surface area is 241 Å². The second-order valence-corrected chi connectivity index (χ2v) is 11.6. The van der Waals surface area contributed by atoms with E-state index >= 15 is 0 Å². The van der Waals surface area contributed by atoms with Crippen molar-refractivity contribution in [1.82, 2.24) is 24.8 Å². The SMILES string of the molecule is CCn1nnc(COc2ccc(Cl)c3c2[C@@H](CN2CCCC2=O)N(C(=O)[C@@H]2CCC[C@]2(C)C(=O)O)CC3)c1C(F)F. The van der Waals surface area contributed by atoms with Crippen molar-refractivity contribution in [3.63, 3.8) is 0 Å². The monoisotopic (exact) mass is 593 g/mol. The molecule has 2 fully saturated rings. The van der Waals surface area contributed by atoms with Crippen molar-refractivity contribution >= 4 is 29.4 Å². The van der Waals surface area contributed by atoms with E-state index in [9.17, 15) is 28.3 Å². The number of benzene rings is 1. The Morgan fingerprint density at radius 3 is 2.68 bits per heavy atom.